The molecule has 0 bridgehead atoms. The Hall–Kier alpha value is -2.38. The summed E-state index contributed by atoms with van der Waals surface area (Å²) in [6, 6.07) is 13.0. The number of halogens is 3. The zero-order valence-corrected chi connectivity index (χ0v) is 13.9. The largest absolute Gasteiger partial charge is 0.491 e. The first-order valence-corrected chi connectivity index (χ1v) is 7.20. The molecule has 2 rings (SSSR count). The molecule has 0 aliphatic heterocycles. The molecule has 0 aliphatic carbocycles. The van der Waals surface area contributed by atoms with Crippen LogP contribution < -0.4 is 15.2 Å². The molecule has 0 saturated heterocycles. The zero-order valence-electron chi connectivity index (χ0n) is 13.1. The van der Waals surface area contributed by atoms with Gasteiger partial charge in [0.25, 0.3) is 0 Å². The molecule has 0 amide bonds. The molecule has 0 saturated carbocycles. The van der Waals surface area contributed by atoms with Gasteiger partial charge in [-0.25, -0.2) is 4.79 Å². The molecule has 0 aromatic heterocycles. The minimum absolute atomic E-state index is 0. The van der Waals surface area contributed by atoms with E-state index in [1.54, 1.807) is 0 Å². The van der Waals surface area contributed by atoms with Crippen molar-refractivity contribution in [2.24, 2.45) is 5.73 Å². The van der Waals surface area contributed by atoms with Gasteiger partial charge >= 0.3 is 12.6 Å². The maximum atomic E-state index is 12.4. The lowest BCUT2D eigenvalue weighted by Gasteiger charge is -2.16. The van der Waals surface area contributed by atoms with Crippen LogP contribution in [0.15, 0.2) is 48.5 Å². The molecule has 5 nitrogen and oxygen atoms in total. The lowest BCUT2D eigenvalue weighted by atomic mass is 10.1. The summed E-state index contributed by atoms with van der Waals surface area (Å²) in [6.45, 7) is -3.09. The maximum absolute atomic E-state index is 12.4. The number of carbonyl (C=O) groups is 1. The third kappa shape index (κ3) is 6.21. The van der Waals surface area contributed by atoms with Gasteiger partial charge in [-0.15, -0.1) is 12.4 Å². The lowest BCUT2D eigenvalue weighted by Crippen LogP contribution is -2.30. The first kappa shape index (κ1) is 20.7. The number of alkyl halides is 2. The number of benzene rings is 2. The van der Waals surface area contributed by atoms with E-state index in [9.17, 15) is 18.7 Å². The average Bonchev–Trinajstić information content (AvgIpc) is 2.53. The Kier molecular flexibility index (Phi) is 8.10. The van der Waals surface area contributed by atoms with Crippen molar-refractivity contribution in [1.29, 1.82) is 0 Å². The third-order valence-electron chi connectivity index (χ3n) is 3.21. The monoisotopic (exact) mass is 373 g/mol. The standard InChI is InChI=1S/C17H17F2NO4.ClH/c18-17(19)24-14-8-4-7-13(15(14)16(21)22)23-10-12(20)9-11-5-2-1-3-6-11;/h1-8,12,17H,9-10,20H2,(H,21,22);1H/t12-;/m1./s1. The highest BCUT2D eigenvalue weighted by molar-refractivity contribution is 5.94. The fourth-order valence-electron chi connectivity index (χ4n) is 2.21. The second-order valence-electron chi connectivity index (χ2n) is 5.07. The third-order valence-corrected chi connectivity index (χ3v) is 3.21. The van der Waals surface area contributed by atoms with Crippen molar-refractivity contribution in [2.75, 3.05) is 6.61 Å². The first-order chi connectivity index (χ1) is 11.5. The van der Waals surface area contributed by atoms with Gasteiger partial charge in [0.15, 0.2) is 0 Å². The Labute approximate surface area is 149 Å². The Morgan fingerprint density at radius 2 is 1.72 bits per heavy atom. The van der Waals surface area contributed by atoms with Crippen molar-refractivity contribution in [2.45, 2.75) is 19.1 Å². The van der Waals surface area contributed by atoms with Gasteiger partial charge in [-0.1, -0.05) is 36.4 Å². The minimum atomic E-state index is -3.13. The van der Waals surface area contributed by atoms with E-state index in [0.717, 1.165) is 11.6 Å². The van der Waals surface area contributed by atoms with Gasteiger partial charge in [0.2, 0.25) is 0 Å². The number of aromatic carboxylic acids is 1. The second-order valence-corrected chi connectivity index (χ2v) is 5.07. The average molecular weight is 374 g/mol. The predicted octanol–water partition coefficient (Wildman–Crippen LogP) is 3.36. The van der Waals surface area contributed by atoms with Crippen molar-refractivity contribution in [3.63, 3.8) is 0 Å². The van der Waals surface area contributed by atoms with Crippen LogP contribution in [0.2, 0.25) is 0 Å². The van der Waals surface area contributed by atoms with Crippen LogP contribution in [0.25, 0.3) is 0 Å². The fraction of sp³-hybridized carbons (Fsp3) is 0.235. The van der Waals surface area contributed by atoms with Gasteiger partial charge in [0, 0.05) is 6.04 Å². The number of hydrogen-bond donors (Lipinski definition) is 2. The molecular weight excluding hydrogens is 356 g/mol. The molecule has 0 radical (unpaired) electrons. The van der Waals surface area contributed by atoms with Crippen LogP contribution in [0.3, 0.4) is 0 Å². The normalized spacial score (nSPS) is 11.5. The summed E-state index contributed by atoms with van der Waals surface area (Å²) in [6.07, 6.45) is 0.538. The Balaban J connectivity index is 0.00000312. The molecule has 8 heteroatoms. The molecule has 3 N–H and O–H groups in total. The molecule has 0 spiro atoms. The van der Waals surface area contributed by atoms with E-state index in [4.69, 9.17) is 10.5 Å². The van der Waals surface area contributed by atoms with Gasteiger partial charge in [-0.05, 0) is 24.1 Å². The van der Waals surface area contributed by atoms with Gasteiger partial charge < -0.3 is 20.3 Å². The van der Waals surface area contributed by atoms with E-state index in [1.165, 1.54) is 12.1 Å². The zero-order chi connectivity index (χ0) is 17.5. The highest BCUT2D eigenvalue weighted by Gasteiger charge is 2.21. The molecule has 0 heterocycles. The van der Waals surface area contributed by atoms with Crippen molar-refractivity contribution < 1.29 is 28.2 Å². The lowest BCUT2D eigenvalue weighted by molar-refractivity contribution is -0.0504. The van der Waals surface area contributed by atoms with Crippen LogP contribution >= 0.6 is 12.4 Å². The van der Waals surface area contributed by atoms with Crippen LogP contribution in [-0.2, 0) is 6.42 Å². The molecule has 0 aliphatic rings. The van der Waals surface area contributed by atoms with E-state index in [1.807, 2.05) is 30.3 Å². The molecule has 2 aromatic carbocycles. The molecule has 136 valence electrons. The summed E-state index contributed by atoms with van der Waals surface area (Å²) in [7, 11) is 0. The van der Waals surface area contributed by atoms with Gasteiger partial charge in [-0.3, -0.25) is 0 Å². The highest BCUT2D eigenvalue weighted by atomic mass is 35.5. The topological polar surface area (TPSA) is 81.8 Å². The number of carboxylic acid groups (broad SMARTS) is 1. The van der Waals surface area contributed by atoms with Crippen LogP contribution in [0, 0.1) is 0 Å². The Morgan fingerprint density at radius 3 is 2.32 bits per heavy atom. The maximum Gasteiger partial charge on any atom is 0.387 e. The van der Waals surface area contributed by atoms with Crippen molar-refractivity contribution in [1.82, 2.24) is 0 Å². The van der Waals surface area contributed by atoms with Gasteiger partial charge in [0.1, 0.15) is 23.7 Å². The fourth-order valence-corrected chi connectivity index (χ4v) is 2.21. The predicted molar refractivity (Wildman–Crippen MR) is 90.9 cm³/mol. The van der Waals surface area contributed by atoms with Crippen molar-refractivity contribution in [3.8, 4) is 11.5 Å². The smallest absolute Gasteiger partial charge is 0.387 e. The van der Waals surface area contributed by atoms with E-state index >= 15 is 0 Å². The molecule has 25 heavy (non-hydrogen) atoms. The summed E-state index contributed by atoms with van der Waals surface area (Å²) in [5.41, 5.74) is 6.54. The SMILES string of the molecule is Cl.N[C@@H](COc1cccc(OC(F)F)c1C(=O)O)Cc1ccccc1. The molecule has 1 atom stereocenters. The molecule has 2 aromatic rings. The summed E-state index contributed by atoms with van der Waals surface area (Å²) in [4.78, 5) is 11.3. The van der Waals surface area contributed by atoms with E-state index < -0.39 is 23.9 Å². The molecule has 0 fully saturated rings. The van der Waals surface area contributed by atoms with E-state index in [-0.39, 0.29) is 30.8 Å². The Morgan fingerprint density at radius 1 is 1.08 bits per heavy atom. The Bertz CT molecular complexity index is 686. The molecule has 0 unspecified atom stereocenters. The summed E-state index contributed by atoms with van der Waals surface area (Å²) < 4.78 is 34.4. The number of hydrogen-bond acceptors (Lipinski definition) is 4. The van der Waals surface area contributed by atoms with E-state index in [0.29, 0.717) is 6.42 Å². The highest BCUT2D eigenvalue weighted by Crippen LogP contribution is 2.29. The van der Waals surface area contributed by atoms with Crippen molar-refractivity contribution in [3.05, 3.63) is 59.7 Å². The van der Waals surface area contributed by atoms with Crippen LogP contribution in [0.4, 0.5) is 8.78 Å². The summed E-state index contributed by atoms with van der Waals surface area (Å²) in [5, 5.41) is 9.22. The van der Waals surface area contributed by atoms with Crippen molar-refractivity contribution >= 4 is 18.4 Å². The second kappa shape index (κ2) is 9.80. The number of rotatable bonds is 8. The van der Waals surface area contributed by atoms with Gasteiger partial charge in [-0.2, -0.15) is 8.78 Å². The minimum Gasteiger partial charge on any atom is -0.491 e. The van der Waals surface area contributed by atoms with E-state index in [2.05, 4.69) is 4.74 Å². The quantitative estimate of drug-likeness (QED) is 0.741. The molecular formula is C17H18ClF2NO4. The number of carboxylic acids is 1. The summed E-state index contributed by atoms with van der Waals surface area (Å²) >= 11 is 0. The van der Waals surface area contributed by atoms with Crippen LogP contribution in [-0.4, -0.2) is 30.3 Å². The summed E-state index contributed by atoms with van der Waals surface area (Å²) in [5.74, 6) is -1.94. The number of ether oxygens (including phenoxy) is 2. The van der Waals surface area contributed by atoms with Crippen LogP contribution in [0.1, 0.15) is 15.9 Å². The number of nitrogens with two attached hydrogens (primary N) is 1. The van der Waals surface area contributed by atoms with Gasteiger partial charge in [0.05, 0.1) is 0 Å². The van der Waals surface area contributed by atoms with Crippen LogP contribution in [0.5, 0.6) is 11.5 Å². The first-order valence-electron chi connectivity index (χ1n) is 7.20.